The fourth-order valence-electron chi connectivity index (χ4n) is 4.24. The third kappa shape index (κ3) is 15.6. The number of alkyl halides is 3. The zero-order valence-electron chi connectivity index (χ0n) is 27.0. The van der Waals surface area contributed by atoms with Crippen molar-refractivity contribution < 1.29 is 42.3 Å². The normalized spacial score (nSPS) is 12.5. The molecule has 18 heteroatoms. The molecule has 4 amide bonds. The number of benzene rings is 2. The van der Waals surface area contributed by atoms with Gasteiger partial charge in [0.1, 0.15) is 23.8 Å². The Labute approximate surface area is 280 Å². The smallest absolute Gasteiger partial charge is 0.475 e. The minimum absolute atomic E-state index is 0.0567. The number of carbonyl (C=O) groups is 5. The van der Waals surface area contributed by atoms with Gasteiger partial charge < -0.3 is 43.2 Å². The SMILES string of the molecule is CN(C)C(=O)C(Cc1ccc(C(=N)N)cc1)C(=O)N[C@@H](CCc1ccccc1)C(=O)N[C@@H](CCCNC(=N)N)C(N)=O.O=C(O)C(F)(F)F. The van der Waals surface area contributed by atoms with E-state index in [1.54, 1.807) is 38.4 Å². The minimum atomic E-state index is -5.08. The van der Waals surface area contributed by atoms with Gasteiger partial charge in [0, 0.05) is 26.2 Å². The molecule has 2 rings (SSSR count). The van der Waals surface area contributed by atoms with Crippen LogP contribution >= 0.6 is 0 Å². The Morgan fingerprint density at radius 3 is 1.86 bits per heavy atom. The van der Waals surface area contributed by atoms with Crippen LogP contribution in [0.1, 0.15) is 36.0 Å². The van der Waals surface area contributed by atoms with Gasteiger partial charge in [-0.25, -0.2) is 4.79 Å². The van der Waals surface area contributed by atoms with E-state index in [9.17, 15) is 32.3 Å². The maximum Gasteiger partial charge on any atom is 0.490 e. The molecule has 0 saturated heterocycles. The summed E-state index contributed by atoms with van der Waals surface area (Å²) in [6.07, 6.45) is -3.78. The summed E-state index contributed by atoms with van der Waals surface area (Å²) in [5, 5.41) is 29.9. The summed E-state index contributed by atoms with van der Waals surface area (Å²) in [5.74, 6) is -6.64. The van der Waals surface area contributed by atoms with E-state index in [-0.39, 0.29) is 31.1 Å². The zero-order chi connectivity index (χ0) is 37.3. The molecule has 2 aromatic carbocycles. The Balaban J connectivity index is 0.00000154. The molecule has 268 valence electrons. The Kier molecular flexibility index (Phi) is 16.8. The van der Waals surface area contributed by atoms with Gasteiger partial charge in [-0.3, -0.25) is 30.0 Å². The summed E-state index contributed by atoms with van der Waals surface area (Å²) in [5.41, 5.74) is 18.5. The summed E-state index contributed by atoms with van der Waals surface area (Å²) in [7, 11) is 3.08. The number of nitrogens with zero attached hydrogens (tertiary/aromatic N) is 1. The lowest BCUT2D eigenvalue weighted by atomic mass is 9.95. The molecular weight excluding hydrogens is 651 g/mol. The highest BCUT2D eigenvalue weighted by Gasteiger charge is 2.38. The van der Waals surface area contributed by atoms with Crippen LogP contribution in [0.25, 0.3) is 0 Å². The van der Waals surface area contributed by atoms with Crippen LogP contribution in [0.4, 0.5) is 13.2 Å². The summed E-state index contributed by atoms with van der Waals surface area (Å²) in [4.78, 5) is 62.3. The lowest BCUT2D eigenvalue weighted by Crippen LogP contribution is -2.55. The predicted molar refractivity (Wildman–Crippen MR) is 174 cm³/mol. The van der Waals surface area contributed by atoms with Crippen molar-refractivity contribution in [3.8, 4) is 0 Å². The van der Waals surface area contributed by atoms with Gasteiger partial charge in [-0.05, 0) is 43.2 Å². The number of hydrogen-bond donors (Lipinski definition) is 9. The van der Waals surface area contributed by atoms with Crippen molar-refractivity contribution in [1.29, 1.82) is 10.8 Å². The topological polar surface area (TPSA) is 271 Å². The van der Waals surface area contributed by atoms with Crippen LogP contribution in [-0.4, -0.2) is 90.3 Å². The average Bonchev–Trinajstić information content (AvgIpc) is 3.02. The summed E-state index contributed by atoms with van der Waals surface area (Å²) < 4.78 is 31.7. The van der Waals surface area contributed by atoms with Gasteiger partial charge in [0.15, 0.2) is 5.96 Å². The van der Waals surface area contributed by atoms with Gasteiger partial charge in [0.25, 0.3) is 0 Å². The van der Waals surface area contributed by atoms with Gasteiger partial charge in [0.05, 0.1) is 0 Å². The second-order valence-electron chi connectivity index (χ2n) is 10.9. The molecule has 12 N–H and O–H groups in total. The number of aryl methyl sites for hydroxylation is 1. The Morgan fingerprint density at radius 2 is 1.39 bits per heavy atom. The molecule has 0 aliphatic heterocycles. The van der Waals surface area contributed by atoms with Crippen molar-refractivity contribution >= 4 is 41.4 Å². The van der Waals surface area contributed by atoms with Crippen molar-refractivity contribution in [3.05, 3.63) is 71.3 Å². The quantitative estimate of drug-likeness (QED) is 0.0502. The van der Waals surface area contributed by atoms with Crippen LogP contribution in [0.5, 0.6) is 0 Å². The fourth-order valence-corrected chi connectivity index (χ4v) is 4.24. The molecule has 0 bridgehead atoms. The van der Waals surface area contributed by atoms with Crippen molar-refractivity contribution in [1.82, 2.24) is 20.9 Å². The molecule has 0 aliphatic carbocycles. The van der Waals surface area contributed by atoms with Gasteiger partial charge >= 0.3 is 12.1 Å². The maximum absolute atomic E-state index is 13.6. The first-order valence-corrected chi connectivity index (χ1v) is 14.8. The molecule has 15 nitrogen and oxygen atoms in total. The number of carbonyl (C=O) groups excluding carboxylic acids is 4. The van der Waals surface area contributed by atoms with Gasteiger partial charge in [-0.2, -0.15) is 13.2 Å². The Morgan fingerprint density at radius 1 is 0.837 bits per heavy atom. The number of amidine groups is 1. The number of carboxylic acids is 1. The summed E-state index contributed by atoms with van der Waals surface area (Å²) in [6, 6.07) is 14.0. The average molecular weight is 694 g/mol. The van der Waals surface area contributed by atoms with Crippen molar-refractivity contribution in [3.63, 3.8) is 0 Å². The molecular formula is C31H42F3N9O6. The zero-order valence-corrected chi connectivity index (χ0v) is 27.0. The minimum Gasteiger partial charge on any atom is -0.475 e. The van der Waals surface area contributed by atoms with E-state index < -0.39 is 53.8 Å². The summed E-state index contributed by atoms with van der Waals surface area (Å²) >= 11 is 0. The van der Waals surface area contributed by atoms with E-state index in [2.05, 4.69) is 16.0 Å². The van der Waals surface area contributed by atoms with E-state index in [1.165, 1.54) is 4.90 Å². The molecule has 2 aromatic rings. The molecule has 1 unspecified atom stereocenters. The highest BCUT2D eigenvalue weighted by molar-refractivity contribution is 6.02. The number of guanidine groups is 1. The number of nitrogen functional groups attached to an aromatic ring is 1. The molecule has 0 heterocycles. The van der Waals surface area contributed by atoms with Crippen LogP contribution in [0.2, 0.25) is 0 Å². The van der Waals surface area contributed by atoms with E-state index in [0.717, 1.165) is 5.56 Å². The Bertz CT molecular complexity index is 1450. The van der Waals surface area contributed by atoms with Gasteiger partial charge in [-0.15, -0.1) is 0 Å². The first-order valence-electron chi connectivity index (χ1n) is 14.8. The molecule has 0 radical (unpaired) electrons. The standard InChI is InChI=1S/C29H41N9O4.C2HF3O2/c1-38(2)28(42)21(17-19-10-13-20(14-11-19)24(30)31)26(40)37-23(15-12-18-7-4-3-5-8-18)27(41)36-22(25(32)39)9-6-16-35-29(33)34;3-2(4,5)1(6)7/h3-5,7-8,10-11,13-14,21-23H,6,9,12,15-17H2,1-2H3,(H3,30,31)(H2,32,39)(H,36,41)(H,37,40)(H4,33,34,35);(H,6,7)/t21?,22-,23-;/m0./s1. The number of halogens is 3. The third-order valence-corrected chi connectivity index (χ3v) is 6.85. The number of nitrogens with two attached hydrogens (primary N) is 3. The van der Waals surface area contributed by atoms with Crippen LogP contribution in [0, 0.1) is 16.7 Å². The number of carboxylic acid groups (broad SMARTS) is 1. The number of rotatable bonds is 16. The van der Waals surface area contributed by atoms with Crippen LogP contribution in [0.15, 0.2) is 54.6 Å². The largest absolute Gasteiger partial charge is 0.490 e. The molecule has 0 aliphatic rings. The van der Waals surface area contributed by atoms with E-state index in [4.69, 9.17) is 37.9 Å². The monoisotopic (exact) mass is 693 g/mol. The molecule has 0 spiro atoms. The second-order valence-corrected chi connectivity index (χ2v) is 10.9. The second kappa shape index (κ2) is 19.9. The molecule has 0 saturated carbocycles. The third-order valence-electron chi connectivity index (χ3n) is 6.85. The van der Waals surface area contributed by atoms with Crippen LogP contribution in [0.3, 0.4) is 0 Å². The van der Waals surface area contributed by atoms with E-state index >= 15 is 0 Å². The highest BCUT2D eigenvalue weighted by atomic mass is 19.4. The number of amides is 4. The lowest BCUT2D eigenvalue weighted by Gasteiger charge is -2.25. The van der Waals surface area contributed by atoms with Gasteiger partial charge in [0.2, 0.25) is 23.6 Å². The molecule has 49 heavy (non-hydrogen) atoms. The fraction of sp³-hybridized carbons (Fsp3) is 0.387. The van der Waals surface area contributed by atoms with E-state index in [1.807, 2.05) is 30.3 Å². The molecule has 0 fully saturated rings. The molecule has 0 aromatic heterocycles. The van der Waals surface area contributed by atoms with Crippen molar-refractivity contribution in [2.45, 2.75) is 50.4 Å². The number of aliphatic carboxylic acids is 1. The van der Waals surface area contributed by atoms with E-state index in [0.29, 0.717) is 30.5 Å². The first-order chi connectivity index (χ1) is 22.8. The number of primary amides is 1. The van der Waals surface area contributed by atoms with Crippen molar-refractivity contribution in [2.24, 2.45) is 23.1 Å². The highest BCUT2D eigenvalue weighted by Crippen LogP contribution is 2.15. The van der Waals surface area contributed by atoms with Crippen LogP contribution < -0.4 is 33.2 Å². The Hall–Kier alpha value is -5.68. The first kappa shape index (κ1) is 41.3. The molecule has 3 atom stereocenters. The van der Waals surface area contributed by atoms with Crippen molar-refractivity contribution in [2.75, 3.05) is 20.6 Å². The maximum atomic E-state index is 13.6. The lowest BCUT2D eigenvalue weighted by molar-refractivity contribution is -0.192. The summed E-state index contributed by atoms with van der Waals surface area (Å²) in [6.45, 7) is 0.310. The predicted octanol–water partition coefficient (Wildman–Crippen LogP) is 0.202. The number of hydrogen-bond acceptors (Lipinski definition) is 7. The number of nitrogens with one attached hydrogen (secondary N) is 5. The van der Waals surface area contributed by atoms with Gasteiger partial charge in [-0.1, -0.05) is 54.6 Å². The van der Waals surface area contributed by atoms with Crippen LogP contribution in [-0.2, 0) is 36.8 Å².